The number of aliphatic carboxylic acids is 1. The van der Waals surface area contributed by atoms with Gasteiger partial charge in [-0.05, 0) is 44.0 Å². The maximum Gasteiger partial charge on any atom is 0.308 e. The van der Waals surface area contributed by atoms with Gasteiger partial charge in [0, 0.05) is 18.7 Å². The lowest BCUT2D eigenvalue weighted by Crippen LogP contribution is -2.42. The van der Waals surface area contributed by atoms with Crippen molar-refractivity contribution in [3.05, 3.63) is 35.7 Å². The first-order valence-corrected chi connectivity index (χ1v) is 8.13. The minimum absolute atomic E-state index is 0.207. The van der Waals surface area contributed by atoms with E-state index in [-0.39, 0.29) is 18.1 Å². The van der Waals surface area contributed by atoms with Crippen LogP contribution in [0.1, 0.15) is 29.1 Å². The summed E-state index contributed by atoms with van der Waals surface area (Å²) in [6, 6.07) is 7.19. The van der Waals surface area contributed by atoms with Crippen molar-refractivity contribution in [2.75, 3.05) is 20.2 Å². The van der Waals surface area contributed by atoms with Gasteiger partial charge in [-0.1, -0.05) is 0 Å². The van der Waals surface area contributed by atoms with Crippen molar-refractivity contribution in [3.63, 3.8) is 0 Å². The maximum absolute atomic E-state index is 12.7. The van der Waals surface area contributed by atoms with E-state index in [0.29, 0.717) is 31.0 Å². The smallest absolute Gasteiger partial charge is 0.308 e. The van der Waals surface area contributed by atoms with Crippen LogP contribution in [0.5, 0.6) is 5.75 Å². The third-order valence-electron chi connectivity index (χ3n) is 4.39. The molecule has 1 aliphatic rings. The van der Waals surface area contributed by atoms with Gasteiger partial charge < -0.3 is 19.2 Å². The van der Waals surface area contributed by atoms with Crippen LogP contribution in [0.4, 0.5) is 0 Å². The summed E-state index contributed by atoms with van der Waals surface area (Å²) >= 11 is 0. The van der Waals surface area contributed by atoms with Gasteiger partial charge >= 0.3 is 5.97 Å². The van der Waals surface area contributed by atoms with Crippen molar-refractivity contribution in [2.24, 2.45) is 5.92 Å². The molecule has 0 radical (unpaired) electrons. The molecule has 1 aliphatic heterocycles. The number of carbonyl (C=O) groups excluding carboxylic acids is 1. The van der Waals surface area contributed by atoms with Crippen molar-refractivity contribution in [1.82, 2.24) is 9.88 Å². The monoisotopic (exact) mass is 344 g/mol. The van der Waals surface area contributed by atoms with Crippen LogP contribution in [0.15, 0.2) is 28.7 Å². The number of rotatable bonds is 4. The molecule has 0 aliphatic carbocycles. The minimum atomic E-state index is -0.867. The molecule has 0 unspecified atom stereocenters. The number of carboxylic acids is 1. The molecule has 132 valence electrons. The summed E-state index contributed by atoms with van der Waals surface area (Å²) in [7, 11) is 1.59. The second kappa shape index (κ2) is 6.96. The number of nitrogens with zero attached hydrogens (tertiary/aromatic N) is 2. The molecule has 3 rings (SSSR count). The largest absolute Gasteiger partial charge is 0.497 e. The van der Waals surface area contributed by atoms with E-state index in [1.54, 1.807) is 43.2 Å². The Kier molecular flexibility index (Phi) is 4.74. The van der Waals surface area contributed by atoms with E-state index in [1.165, 1.54) is 0 Å². The number of carboxylic acid groups (broad SMARTS) is 1. The van der Waals surface area contributed by atoms with Crippen LogP contribution in [0, 0.1) is 12.8 Å². The van der Waals surface area contributed by atoms with Gasteiger partial charge in [0.1, 0.15) is 11.5 Å². The number of aromatic nitrogens is 1. The van der Waals surface area contributed by atoms with Gasteiger partial charge in [0.25, 0.3) is 5.91 Å². The SMILES string of the molecule is COc1ccc(-c2nc(C(=O)N3CCC[C@H](C(=O)O)C3)c(C)o2)cc1. The summed E-state index contributed by atoms with van der Waals surface area (Å²) in [5.41, 5.74) is 0.974. The molecule has 1 fully saturated rings. The molecule has 1 aromatic heterocycles. The summed E-state index contributed by atoms with van der Waals surface area (Å²) in [6.45, 7) is 2.43. The molecular formula is C18H20N2O5. The first-order valence-electron chi connectivity index (χ1n) is 8.13. The lowest BCUT2D eigenvalue weighted by molar-refractivity contribution is -0.143. The average Bonchev–Trinajstić information content (AvgIpc) is 3.03. The number of hydrogen-bond donors (Lipinski definition) is 1. The summed E-state index contributed by atoms with van der Waals surface area (Å²) in [5, 5.41) is 9.18. The molecule has 0 spiro atoms. The van der Waals surface area contributed by atoms with Crippen molar-refractivity contribution < 1.29 is 23.8 Å². The minimum Gasteiger partial charge on any atom is -0.497 e. The molecule has 0 saturated carbocycles. The van der Waals surface area contributed by atoms with E-state index in [1.807, 2.05) is 0 Å². The molecular weight excluding hydrogens is 324 g/mol. The number of benzene rings is 1. The Morgan fingerprint density at radius 1 is 1.32 bits per heavy atom. The van der Waals surface area contributed by atoms with E-state index >= 15 is 0 Å². The predicted octanol–water partition coefficient (Wildman–Crippen LogP) is 2.60. The highest BCUT2D eigenvalue weighted by Gasteiger charge is 2.31. The third-order valence-corrected chi connectivity index (χ3v) is 4.39. The highest BCUT2D eigenvalue weighted by Crippen LogP contribution is 2.26. The fraction of sp³-hybridized carbons (Fsp3) is 0.389. The molecule has 1 saturated heterocycles. The first-order chi connectivity index (χ1) is 12.0. The topological polar surface area (TPSA) is 92.9 Å². The van der Waals surface area contributed by atoms with Crippen LogP contribution in [0.25, 0.3) is 11.5 Å². The van der Waals surface area contributed by atoms with Crippen molar-refractivity contribution in [2.45, 2.75) is 19.8 Å². The van der Waals surface area contributed by atoms with Crippen molar-refractivity contribution >= 4 is 11.9 Å². The summed E-state index contributed by atoms with van der Waals surface area (Å²) in [4.78, 5) is 29.8. The first kappa shape index (κ1) is 17.0. The predicted molar refractivity (Wildman–Crippen MR) is 89.5 cm³/mol. The van der Waals surface area contributed by atoms with Crippen molar-refractivity contribution in [3.8, 4) is 17.2 Å². The Morgan fingerprint density at radius 2 is 2.04 bits per heavy atom. The quantitative estimate of drug-likeness (QED) is 0.916. The molecule has 1 aromatic carbocycles. The lowest BCUT2D eigenvalue weighted by atomic mass is 9.98. The standard InChI is InChI=1S/C18H20N2O5/c1-11-15(17(21)20-9-3-4-13(10-20)18(22)23)19-16(25-11)12-5-7-14(24-2)8-6-12/h5-8,13H,3-4,9-10H2,1-2H3,(H,22,23)/t13-/m0/s1. The third kappa shape index (κ3) is 3.50. The Morgan fingerprint density at radius 3 is 2.68 bits per heavy atom. The fourth-order valence-corrected chi connectivity index (χ4v) is 2.96. The van der Waals surface area contributed by atoms with Crippen LogP contribution >= 0.6 is 0 Å². The lowest BCUT2D eigenvalue weighted by Gasteiger charge is -2.30. The van der Waals surface area contributed by atoms with Crippen LogP contribution < -0.4 is 4.74 Å². The second-order valence-electron chi connectivity index (χ2n) is 6.08. The van der Waals surface area contributed by atoms with E-state index in [0.717, 1.165) is 11.3 Å². The van der Waals surface area contributed by atoms with Gasteiger partial charge in [-0.15, -0.1) is 0 Å². The molecule has 2 aromatic rings. The zero-order valence-corrected chi connectivity index (χ0v) is 14.2. The van der Waals surface area contributed by atoms with E-state index in [2.05, 4.69) is 4.98 Å². The number of methoxy groups -OCH3 is 1. The Bertz CT molecular complexity index is 781. The van der Waals surface area contributed by atoms with E-state index in [9.17, 15) is 14.7 Å². The zero-order valence-electron chi connectivity index (χ0n) is 14.2. The highest BCUT2D eigenvalue weighted by molar-refractivity contribution is 5.94. The van der Waals surface area contributed by atoms with Gasteiger partial charge in [0.15, 0.2) is 5.69 Å². The van der Waals surface area contributed by atoms with Crippen molar-refractivity contribution in [1.29, 1.82) is 0 Å². The molecule has 2 heterocycles. The fourth-order valence-electron chi connectivity index (χ4n) is 2.96. The Balaban J connectivity index is 1.81. The zero-order chi connectivity index (χ0) is 18.0. The van der Waals surface area contributed by atoms with Gasteiger partial charge in [0.05, 0.1) is 13.0 Å². The summed E-state index contributed by atoms with van der Waals surface area (Å²) in [5.74, 6) is -0.175. The normalized spacial score (nSPS) is 17.4. The number of ether oxygens (including phenoxy) is 1. The van der Waals surface area contributed by atoms with Gasteiger partial charge in [-0.25, -0.2) is 4.98 Å². The number of likely N-dealkylation sites (tertiary alicyclic amines) is 1. The summed E-state index contributed by atoms with van der Waals surface area (Å²) in [6.07, 6.45) is 1.26. The van der Waals surface area contributed by atoms with Crippen LogP contribution in [0.2, 0.25) is 0 Å². The van der Waals surface area contributed by atoms with Crippen LogP contribution in [-0.4, -0.2) is 47.1 Å². The Hall–Kier alpha value is -2.83. The van der Waals surface area contributed by atoms with Crippen LogP contribution in [-0.2, 0) is 4.79 Å². The molecule has 1 atom stereocenters. The highest BCUT2D eigenvalue weighted by atomic mass is 16.5. The number of aryl methyl sites for hydroxylation is 1. The number of oxazole rings is 1. The van der Waals surface area contributed by atoms with E-state index < -0.39 is 11.9 Å². The molecule has 0 bridgehead atoms. The number of piperidine rings is 1. The Labute approximate surface area is 145 Å². The molecule has 7 heteroatoms. The number of carbonyl (C=O) groups is 2. The molecule has 25 heavy (non-hydrogen) atoms. The van der Waals surface area contributed by atoms with Gasteiger partial charge in [0.2, 0.25) is 5.89 Å². The number of hydrogen-bond acceptors (Lipinski definition) is 5. The summed E-state index contributed by atoms with van der Waals surface area (Å²) < 4.78 is 10.8. The second-order valence-corrected chi connectivity index (χ2v) is 6.08. The van der Waals surface area contributed by atoms with E-state index in [4.69, 9.17) is 9.15 Å². The van der Waals surface area contributed by atoms with Crippen LogP contribution in [0.3, 0.4) is 0 Å². The average molecular weight is 344 g/mol. The molecule has 7 nitrogen and oxygen atoms in total. The molecule has 1 N–H and O–H groups in total. The van der Waals surface area contributed by atoms with Gasteiger partial charge in [-0.3, -0.25) is 9.59 Å². The number of amides is 1. The van der Waals surface area contributed by atoms with Gasteiger partial charge in [-0.2, -0.15) is 0 Å². The maximum atomic E-state index is 12.7. The molecule has 1 amide bonds.